The van der Waals surface area contributed by atoms with E-state index in [0.717, 1.165) is 0 Å². The second-order valence-electron chi connectivity index (χ2n) is 4.33. The SMILES string of the molecule is CC(C)COC(=O)N1CCN(C(=N)N)CC1. The number of nitrogens with one attached hydrogen (secondary N) is 1. The van der Waals surface area contributed by atoms with Crippen LogP contribution in [0.4, 0.5) is 4.79 Å². The summed E-state index contributed by atoms with van der Waals surface area (Å²) >= 11 is 0. The third-order valence-electron chi connectivity index (χ3n) is 2.42. The molecule has 1 fully saturated rings. The second kappa shape index (κ2) is 5.58. The summed E-state index contributed by atoms with van der Waals surface area (Å²) in [5.41, 5.74) is 5.36. The zero-order chi connectivity index (χ0) is 12.1. The minimum absolute atomic E-state index is 0.0650. The molecule has 1 aliphatic rings. The monoisotopic (exact) mass is 228 g/mol. The van der Waals surface area contributed by atoms with Gasteiger partial charge >= 0.3 is 6.09 Å². The number of ether oxygens (including phenoxy) is 1. The van der Waals surface area contributed by atoms with Gasteiger partial charge in [0.05, 0.1) is 6.61 Å². The van der Waals surface area contributed by atoms with Gasteiger partial charge in [0.1, 0.15) is 0 Å². The van der Waals surface area contributed by atoms with Crippen LogP contribution < -0.4 is 5.73 Å². The van der Waals surface area contributed by atoms with E-state index >= 15 is 0 Å². The Bertz CT molecular complexity index is 260. The van der Waals surface area contributed by atoms with Crippen LogP contribution in [-0.4, -0.2) is 54.6 Å². The number of nitrogens with zero attached hydrogens (tertiary/aromatic N) is 2. The first kappa shape index (κ1) is 12.6. The number of amides is 1. The largest absolute Gasteiger partial charge is 0.449 e. The molecule has 0 aromatic carbocycles. The van der Waals surface area contributed by atoms with E-state index in [9.17, 15) is 4.79 Å². The summed E-state index contributed by atoms with van der Waals surface area (Å²) in [7, 11) is 0. The Labute approximate surface area is 95.8 Å². The van der Waals surface area contributed by atoms with E-state index < -0.39 is 0 Å². The number of piperazine rings is 1. The fraction of sp³-hybridized carbons (Fsp3) is 0.800. The van der Waals surface area contributed by atoms with E-state index in [-0.39, 0.29) is 12.1 Å². The van der Waals surface area contributed by atoms with Gasteiger partial charge in [0.25, 0.3) is 0 Å². The van der Waals surface area contributed by atoms with E-state index in [1.54, 1.807) is 9.80 Å². The highest BCUT2D eigenvalue weighted by molar-refractivity contribution is 5.75. The summed E-state index contributed by atoms with van der Waals surface area (Å²) in [6.45, 7) is 6.79. The highest BCUT2D eigenvalue weighted by Crippen LogP contribution is 2.04. The van der Waals surface area contributed by atoms with Gasteiger partial charge in [0.15, 0.2) is 5.96 Å². The van der Waals surface area contributed by atoms with Crippen molar-refractivity contribution < 1.29 is 9.53 Å². The van der Waals surface area contributed by atoms with Gasteiger partial charge in [-0.2, -0.15) is 0 Å². The molecule has 0 unspecified atom stereocenters. The normalized spacial score (nSPS) is 16.4. The molecule has 16 heavy (non-hydrogen) atoms. The lowest BCUT2D eigenvalue weighted by atomic mass is 10.2. The quantitative estimate of drug-likeness (QED) is 0.525. The molecule has 92 valence electrons. The molecule has 3 N–H and O–H groups in total. The van der Waals surface area contributed by atoms with Crippen molar-refractivity contribution in [2.45, 2.75) is 13.8 Å². The van der Waals surface area contributed by atoms with Crippen LogP contribution in [0.5, 0.6) is 0 Å². The van der Waals surface area contributed by atoms with Crippen molar-refractivity contribution in [2.75, 3.05) is 32.8 Å². The van der Waals surface area contributed by atoms with Gasteiger partial charge in [0.2, 0.25) is 0 Å². The molecule has 0 aliphatic carbocycles. The average molecular weight is 228 g/mol. The van der Waals surface area contributed by atoms with Crippen molar-refractivity contribution >= 4 is 12.1 Å². The molecule has 1 heterocycles. The molecular formula is C10H20N4O2. The maximum atomic E-state index is 11.6. The van der Waals surface area contributed by atoms with Crippen LogP contribution in [0.25, 0.3) is 0 Å². The number of guanidine groups is 1. The highest BCUT2D eigenvalue weighted by atomic mass is 16.6. The lowest BCUT2D eigenvalue weighted by Crippen LogP contribution is -2.52. The number of rotatable bonds is 2. The van der Waals surface area contributed by atoms with Gasteiger partial charge in [0, 0.05) is 26.2 Å². The van der Waals surface area contributed by atoms with Gasteiger partial charge in [-0.15, -0.1) is 0 Å². The highest BCUT2D eigenvalue weighted by Gasteiger charge is 2.22. The number of hydrogen-bond acceptors (Lipinski definition) is 3. The predicted molar refractivity (Wildman–Crippen MR) is 61.2 cm³/mol. The van der Waals surface area contributed by atoms with Crippen molar-refractivity contribution in [3.63, 3.8) is 0 Å². The van der Waals surface area contributed by atoms with E-state index in [1.807, 2.05) is 13.8 Å². The van der Waals surface area contributed by atoms with Crippen molar-refractivity contribution in [1.29, 1.82) is 5.41 Å². The van der Waals surface area contributed by atoms with Gasteiger partial charge in [-0.05, 0) is 5.92 Å². The third kappa shape index (κ3) is 3.60. The topological polar surface area (TPSA) is 82.7 Å². The number of carbonyl (C=O) groups is 1. The van der Waals surface area contributed by atoms with Crippen molar-refractivity contribution in [3.05, 3.63) is 0 Å². The van der Waals surface area contributed by atoms with Gasteiger partial charge in [-0.3, -0.25) is 5.41 Å². The summed E-state index contributed by atoms with van der Waals surface area (Å²) in [5, 5.41) is 7.27. The van der Waals surface area contributed by atoms with E-state index in [4.69, 9.17) is 15.9 Å². The van der Waals surface area contributed by atoms with Gasteiger partial charge in [-0.1, -0.05) is 13.8 Å². The summed E-state index contributed by atoms with van der Waals surface area (Å²) in [6.07, 6.45) is -0.267. The van der Waals surface area contributed by atoms with Crippen molar-refractivity contribution in [1.82, 2.24) is 9.80 Å². The Morgan fingerprint density at radius 1 is 1.31 bits per heavy atom. The first-order valence-corrected chi connectivity index (χ1v) is 5.51. The smallest absolute Gasteiger partial charge is 0.409 e. The Hall–Kier alpha value is -1.46. The first-order valence-electron chi connectivity index (χ1n) is 5.51. The van der Waals surface area contributed by atoms with Gasteiger partial charge in [-0.25, -0.2) is 4.79 Å². The fourth-order valence-electron chi connectivity index (χ4n) is 1.46. The molecule has 6 nitrogen and oxygen atoms in total. The van der Waals surface area contributed by atoms with E-state index in [2.05, 4.69) is 0 Å². The third-order valence-corrected chi connectivity index (χ3v) is 2.42. The Morgan fingerprint density at radius 2 is 1.81 bits per heavy atom. The standard InChI is InChI=1S/C10H20N4O2/c1-8(2)7-16-10(15)14-5-3-13(4-6-14)9(11)12/h8H,3-7H2,1-2H3,(H3,11,12). The van der Waals surface area contributed by atoms with Crippen LogP contribution in [0.2, 0.25) is 0 Å². The Morgan fingerprint density at radius 3 is 2.25 bits per heavy atom. The van der Waals surface area contributed by atoms with Crippen LogP contribution in [-0.2, 0) is 4.74 Å². The minimum atomic E-state index is -0.267. The summed E-state index contributed by atoms with van der Waals surface area (Å²) in [5.74, 6) is 0.414. The zero-order valence-electron chi connectivity index (χ0n) is 9.90. The summed E-state index contributed by atoms with van der Waals surface area (Å²) in [6, 6.07) is 0. The number of nitrogens with two attached hydrogens (primary N) is 1. The molecule has 0 bridgehead atoms. The Kier molecular flexibility index (Phi) is 4.39. The molecular weight excluding hydrogens is 208 g/mol. The van der Waals surface area contributed by atoms with Crippen molar-refractivity contribution in [2.24, 2.45) is 11.7 Å². The summed E-state index contributed by atoms with van der Waals surface area (Å²) in [4.78, 5) is 15.0. The molecule has 0 spiro atoms. The predicted octanol–water partition coefficient (Wildman–Crippen LogP) is 0.290. The molecule has 0 radical (unpaired) electrons. The minimum Gasteiger partial charge on any atom is -0.449 e. The first-order chi connectivity index (χ1) is 7.50. The molecule has 0 saturated carbocycles. The molecule has 0 atom stereocenters. The van der Waals surface area contributed by atoms with Gasteiger partial charge < -0.3 is 20.3 Å². The summed E-state index contributed by atoms with van der Waals surface area (Å²) < 4.78 is 5.12. The zero-order valence-corrected chi connectivity index (χ0v) is 9.90. The molecule has 1 amide bonds. The molecule has 1 saturated heterocycles. The molecule has 0 aromatic heterocycles. The van der Waals surface area contributed by atoms with E-state index in [1.165, 1.54) is 0 Å². The Balaban J connectivity index is 2.30. The second-order valence-corrected chi connectivity index (χ2v) is 4.33. The maximum absolute atomic E-state index is 11.6. The van der Waals surface area contributed by atoms with Crippen molar-refractivity contribution in [3.8, 4) is 0 Å². The molecule has 0 aromatic rings. The van der Waals surface area contributed by atoms with Crippen LogP contribution in [0.15, 0.2) is 0 Å². The molecule has 1 rings (SSSR count). The van der Waals surface area contributed by atoms with Crippen LogP contribution >= 0.6 is 0 Å². The maximum Gasteiger partial charge on any atom is 0.409 e. The fourth-order valence-corrected chi connectivity index (χ4v) is 1.46. The van der Waals surface area contributed by atoms with E-state index in [0.29, 0.717) is 38.7 Å². The number of hydrogen-bond donors (Lipinski definition) is 2. The van der Waals surface area contributed by atoms with Crippen LogP contribution in [0.3, 0.4) is 0 Å². The average Bonchev–Trinajstić information content (AvgIpc) is 2.26. The number of carbonyl (C=O) groups excluding carboxylic acids is 1. The molecule has 6 heteroatoms. The lowest BCUT2D eigenvalue weighted by Gasteiger charge is -2.34. The lowest BCUT2D eigenvalue weighted by molar-refractivity contribution is 0.0790. The molecule has 1 aliphatic heterocycles. The van der Waals surface area contributed by atoms with Crippen LogP contribution in [0, 0.1) is 11.3 Å². The van der Waals surface area contributed by atoms with Crippen LogP contribution in [0.1, 0.15) is 13.8 Å².